The van der Waals surface area contributed by atoms with Gasteiger partial charge in [-0.15, -0.1) is 0 Å². The van der Waals surface area contributed by atoms with Crippen LogP contribution in [-0.2, 0) is 6.42 Å². The van der Waals surface area contributed by atoms with Crippen LogP contribution in [0.25, 0.3) is 12.8 Å². The molecule has 0 amide bonds. The van der Waals surface area contributed by atoms with Gasteiger partial charge in [0.2, 0.25) is 0 Å². The number of allylic oxidation sites excluding steroid dienone is 1. The Balaban J connectivity index is 1.96. The summed E-state index contributed by atoms with van der Waals surface area (Å²) in [5, 5.41) is 2.71. The van der Waals surface area contributed by atoms with Crippen LogP contribution in [-0.4, -0.2) is 18.0 Å². The summed E-state index contributed by atoms with van der Waals surface area (Å²) in [7, 11) is 2.08. The lowest BCUT2D eigenvalue weighted by atomic mass is 9.87. The van der Waals surface area contributed by atoms with Gasteiger partial charge in [0.1, 0.15) is 0 Å². The fraction of sp³-hybridized carbons (Fsp3) is 0.273. The minimum absolute atomic E-state index is 0.135. The number of halogens is 1. The van der Waals surface area contributed by atoms with E-state index in [2.05, 4.69) is 49.0 Å². The summed E-state index contributed by atoms with van der Waals surface area (Å²) in [6.45, 7) is 4.11. The second-order valence-electron chi connectivity index (χ2n) is 6.76. The number of likely N-dealkylation sites (N-methyl/N-ethyl adjacent to an activating group) is 1. The van der Waals surface area contributed by atoms with Gasteiger partial charge >= 0.3 is 0 Å². The zero-order chi connectivity index (χ0) is 17.8. The van der Waals surface area contributed by atoms with Crippen LogP contribution in [0.15, 0.2) is 59.8 Å². The van der Waals surface area contributed by atoms with Crippen LogP contribution in [0.5, 0.6) is 0 Å². The second-order valence-corrected chi connectivity index (χ2v) is 7.19. The number of nitrogens with zero attached hydrogens (tertiary/aromatic N) is 1. The summed E-state index contributed by atoms with van der Waals surface area (Å²) in [5.74, 6) is 0. The average Bonchev–Trinajstić information content (AvgIpc) is 2.55. The van der Waals surface area contributed by atoms with E-state index < -0.39 is 0 Å². The standard InChI is InChI=1S/C22H25ClN2/c1-16-11-12-20(23)14-19(16)15-25(2)21(22(24)18-9-6-10-18)13-17-7-4-3-5-8-17/h3-5,7-8,11-12,14-15,21H,1,6,9-10,13,24H2,2H3/b19-15-. The molecule has 3 heteroatoms. The molecule has 0 aliphatic heterocycles. The quantitative estimate of drug-likeness (QED) is 0.893. The molecule has 1 saturated carbocycles. The van der Waals surface area contributed by atoms with Crippen molar-refractivity contribution in [2.24, 2.45) is 5.73 Å². The van der Waals surface area contributed by atoms with E-state index in [4.69, 9.17) is 17.3 Å². The highest BCUT2D eigenvalue weighted by atomic mass is 35.5. The summed E-state index contributed by atoms with van der Waals surface area (Å²) < 4.78 is 0. The first-order chi connectivity index (χ1) is 12.0. The second kappa shape index (κ2) is 7.79. The molecule has 1 aliphatic carbocycles. The maximum absolute atomic E-state index is 6.57. The normalized spacial score (nSPS) is 15.6. The maximum Gasteiger partial charge on any atom is 0.0717 e. The minimum atomic E-state index is 0.135. The molecule has 0 aromatic heterocycles. The Labute approximate surface area is 154 Å². The van der Waals surface area contributed by atoms with Gasteiger partial charge in [-0.1, -0.05) is 54.6 Å². The summed E-state index contributed by atoms with van der Waals surface area (Å²) in [4.78, 5) is 2.20. The van der Waals surface area contributed by atoms with Crippen molar-refractivity contribution in [3.63, 3.8) is 0 Å². The van der Waals surface area contributed by atoms with Crippen LogP contribution in [0, 0.1) is 0 Å². The molecule has 2 N–H and O–H groups in total. The molecular weight excluding hydrogens is 328 g/mol. The van der Waals surface area contributed by atoms with Gasteiger partial charge in [-0.2, -0.15) is 0 Å². The van der Waals surface area contributed by atoms with Crippen molar-refractivity contribution in [3.8, 4) is 0 Å². The van der Waals surface area contributed by atoms with E-state index in [0.29, 0.717) is 0 Å². The van der Waals surface area contributed by atoms with Gasteiger partial charge in [-0.3, -0.25) is 0 Å². The zero-order valence-corrected chi connectivity index (χ0v) is 15.5. The van der Waals surface area contributed by atoms with Crippen molar-refractivity contribution < 1.29 is 0 Å². The Hall–Kier alpha value is -2.19. The van der Waals surface area contributed by atoms with Crippen molar-refractivity contribution in [2.45, 2.75) is 31.7 Å². The number of hydrogen-bond acceptors (Lipinski definition) is 2. The topological polar surface area (TPSA) is 29.3 Å². The van der Waals surface area contributed by atoms with Gasteiger partial charge in [0.15, 0.2) is 0 Å². The van der Waals surface area contributed by atoms with Crippen LogP contribution in [0.3, 0.4) is 0 Å². The van der Waals surface area contributed by atoms with E-state index in [-0.39, 0.29) is 6.04 Å². The van der Waals surface area contributed by atoms with Gasteiger partial charge in [-0.05, 0) is 59.4 Å². The number of rotatable bonds is 5. The van der Waals surface area contributed by atoms with E-state index in [1.165, 1.54) is 17.6 Å². The number of hydrogen-bond donors (Lipinski definition) is 1. The van der Waals surface area contributed by atoms with Crippen LogP contribution in [0.4, 0.5) is 0 Å². The highest BCUT2D eigenvalue weighted by Gasteiger charge is 2.22. The Kier molecular flexibility index (Phi) is 5.50. The van der Waals surface area contributed by atoms with Gasteiger partial charge in [0, 0.05) is 24.0 Å². The van der Waals surface area contributed by atoms with Gasteiger partial charge in [-0.25, -0.2) is 0 Å². The maximum atomic E-state index is 6.57. The molecule has 2 nitrogen and oxygen atoms in total. The average molecular weight is 353 g/mol. The fourth-order valence-corrected chi connectivity index (χ4v) is 3.36. The first-order valence-corrected chi connectivity index (χ1v) is 9.12. The molecule has 3 rings (SSSR count). The first kappa shape index (κ1) is 17.6. The highest BCUT2D eigenvalue weighted by Crippen LogP contribution is 2.30. The Morgan fingerprint density at radius 2 is 1.96 bits per heavy atom. The molecule has 130 valence electrons. The smallest absolute Gasteiger partial charge is 0.0717 e. The molecule has 2 aromatic rings. The number of benzene rings is 2. The van der Waals surface area contributed by atoms with Crippen molar-refractivity contribution in [3.05, 3.63) is 80.8 Å². The molecule has 0 saturated heterocycles. The summed E-state index contributed by atoms with van der Waals surface area (Å²) >= 11 is 6.15. The van der Waals surface area contributed by atoms with E-state index in [0.717, 1.165) is 40.4 Å². The molecule has 1 unspecified atom stereocenters. The van der Waals surface area contributed by atoms with E-state index in [1.54, 1.807) is 0 Å². The predicted molar refractivity (Wildman–Crippen MR) is 107 cm³/mol. The van der Waals surface area contributed by atoms with Crippen molar-refractivity contribution in [1.82, 2.24) is 4.90 Å². The monoisotopic (exact) mass is 352 g/mol. The summed E-state index contributed by atoms with van der Waals surface area (Å²) in [6.07, 6.45) is 6.49. The van der Waals surface area contributed by atoms with Crippen LogP contribution in [0.1, 0.15) is 24.8 Å². The highest BCUT2D eigenvalue weighted by molar-refractivity contribution is 6.30. The van der Waals surface area contributed by atoms with E-state index in [9.17, 15) is 0 Å². The molecule has 2 aromatic carbocycles. The molecular formula is C22H25ClN2. The molecule has 0 bridgehead atoms. The minimum Gasteiger partial charge on any atom is -0.400 e. The van der Waals surface area contributed by atoms with Gasteiger partial charge in [0.05, 0.1) is 6.04 Å². The first-order valence-electron chi connectivity index (χ1n) is 8.74. The van der Waals surface area contributed by atoms with Crippen molar-refractivity contribution in [2.75, 3.05) is 7.05 Å². The molecule has 25 heavy (non-hydrogen) atoms. The molecule has 0 radical (unpaired) electrons. The molecule has 1 aliphatic rings. The Bertz CT molecular complexity index is 865. The Morgan fingerprint density at radius 3 is 2.60 bits per heavy atom. The lowest BCUT2D eigenvalue weighted by Gasteiger charge is -2.32. The zero-order valence-electron chi connectivity index (χ0n) is 14.7. The van der Waals surface area contributed by atoms with Crippen LogP contribution in [0.2, 0.25) is 5.02 Å². The lowest BCUT2D eigenvalue weighted by molar-refractivity contribution is 0.388. The SMILES string of the molecule is C=c1ccc(Cl)c/c1=C/N(C)C(Cc1ccccc1)C(N)=C1CCC1. The van der Waals surface area contributed by atoms with Crippen molar-refractivity contribution >= 4 is 24.4 Å². The van der Waals surface area contributed by atoms with Gasteiger partial charge in [0.25, 0.3) is 0 Å². The third-order valence-corrected chi connectivity index (χ3v) is 5.17. The molecule has 0 spiro atoms. The number of nitrogens with two attached hydrogens (primary N) is 1. The summed E-state index contributed by atoms with van der Waals surface area (Å²) in [5.41, 5.74) is 10.3. The molecule has 0 heterocycles. The van der Waals surface area contributed by atoms with E-state index in [1.807, 2.05) is 24.3 Å². The van der Waals surface area contributed by atoms with Crippen LogP contribution < -0.4 is 16.2 Å². The third kappa shape index (κ3) is 4.26. The molecule has 1 fully saturated rings. The fourth-order valence-electron chi connectivity index (χ4n) is 3.18. The van der Waals surface area contributed by atoms with Crippen molar-refractivity contribution in [1.29, 1.82) is 0 Å². The third-order valence-electron chi connectivity index (χ3n) is 4.94. The lowest BCUT2D eigenvalue weighted by Crippen LogP contribution is -2.38. The Morgan fingerprint density at radius 1 is 1.24 bits per heavy atom. The largest absolute Gasteiger partial charge is 0.400 e. The predicted octanol–water partition coefficient (Wildman–Crippen LogP) is 3.43. The van der Waals surface area contributed by atoms with Gasteiger partial charge < -0.3 is 10.6 Å². The summed E-state index contributed by atoms with van der Waals surface area (Å²) in [6, 6.07) is 16.4. The van der Waals surface area contributed by atoms with Crippen LogP contribution >= 0.6 is 11.6 Å². The van der Waals surface area contributed by atoms with E-state index >= 15 is 0 Å². The molecule has 1 atom stereocenters.